The molecule has 0 bridgehead atoms. The molecule has 0 aliphatic heterocycles. The average molecular weight is 551 g/mol. The predicted octanol–water partition coefficient (Wildman–Crippen LogP) is 7.28. The molecule has 0 spiro atoms. The number of fused-ring (bicyclic) bond motifs is 1. The summed E-state index contributed by atoms with van der Waals surface area (Å²) < 4.78 is 50.1. The highest BCUT2D eigenvalue weighted by atomic mass is 35.5. The Balaban J connectivity index is 1.52. The highest BCUT2D eigenvalue weighted by Gasteiger charge is 2.33. The molecule has 0 fully saturated rings. The van der Waals surface area contributed by atoms with Crippen molar-refractivity contribution in [3.05, 3.63) is 71.5 Å². The molecule has 3 aromatic carbocycles. The number of halogens is 4. The summed E-state index contributed by atoms with van der Waals surface area (Å²) in [6, 6.07) is 14.4. The van der Waals surface area contributed by atoms with E-state index in [4.69, 9.17) is 33.3 Å². The molecule has 0 radical (unpaired) electrons. The van der Waals surface area contributed by atoms with Crippen LogP contribution >= 0.6 is 35.6 Å². The molecule has 12 heteroatoms. The fourth-order valence-corrected chi connectivity index (χ4v) is 4.69. The summed E-state index contributed by atoms with van der Waals surface area (Å²) in [5.41, 5.74) is 0.555. The number of anilines is 2. The second kappa shape index (κ2) is 10.8. The summed E-state index contributed by atoms with van der Waals surface area (Å²) >= 11 is 12.4. The quantitative estimate of drug-likeness (QED) is 0.192. The molecule has 0 saturated heterocycles. The summed E-state index contributed by atoms with van der Waals surface area (Å²) in [6.07, 6.45) is -3.10. The van der Waals surface area contributed by atoms with Gasteiger partial charge in [-0.15, -0.1) is 0 Å². The van der Waals surface area contributed by atoms with Crippen molar-refractivity contribution in [1.29, 1.82) is 0 Å². The lowest BCUT2D eigenvalue weighted by atomic mass is 10.2. The van der Waals surface area contributed by atoms with E-state index in [0.29, 0.717) is 27.7 Å². The molecule has 4 rings (SSSR count). The SMILES string of the molecule is COc1cc2ncnc(Sc3cccc(NC(=S)Nc4ccc(Cl)c(C(F)(F)F)c4)c3)c2cc1OC. The van der Waals surface area contributed by atoms with Crippen LogP contribution in [0.25, 0.3) is 10.9 Å². The number of benzene rings is 3. The minimum Gasteiger partial charge on any atom is -0.493 e. The van der Waals surface area contributed by atoms with E-state index in [1.54, 1.807) is 26.4 Å². The van der Waals surface area contributed by atoms with E-state index in [9.17, 15) is 13.2 Å². The molecule has 6 nitrogen and oxygen atoms in total. The van der Waals surface area contributed by atoms with Gasteiger partial charge in [0, 0.05) is 27.7 Å². The standard InChI is InChI=1S/C24H18ClF3N4O2S2/c1-33-20-10-16-19(11-21(20)34-2)29-12-30-22(16)36-15-5-3-4-13(8-15)31-23(35)32-14-6-7-18(25)17(9-14)24(26,27)28/h3-12H,1-2H3,(H2,31,32,35). The van der Waals surface area contributed by atoms with Crippen LogP contribution in [-0.4, -0.2) is 29.3 Å². The third-order valence-electron chi connectivity index (χ3n) is 4.94. The van der Waals surface area contributed by atoms with Crippen molar-refractivity contribution in [3.63, 3.8) is 0 Å². The normalized spacial score (nSPS) is 11.3. The number of rotatable bonds is 6. The predicted molar refractivity (Wildman–Crippen MR) is 140 cm³/mol. The first-order valence-corrected chi connectivity index (χ1v) is 11.9. The van der Waals surface area contributed by atoms with Gasteiger partial charge in [-0.25, -0.2) is 9.97 Å². The molecule has 1 aromatic heterocycles. The van der Waals surface area contributed by atoms with Crippen LogP contribution in [0.5, 0.6) is 11.5 Å². The van der Waals surface area contributed by atoms with Crippen LogP contribution in [0.1, 0.15) is 5.56 Å². The first-order valence-electron chi connectivity index (χ1n) is 10.3. The molecule has 0 aliphatic rings. The van der Waals surface area contributed by atoms with Crippen molar-refractivity contribution in [2.45, 2.75) is 16.1 Å². The van der Waals surface area contributed by atoms with Gasteiger partial charge in [-0.2, -0.15) is 13.2 Å². The highest BCUT2D eigenvalue weighted by Crippen LogP contribution is 2.38. The van der Waals surface area contributed by atoms with Crippen molar-refractivity contribution in [2.24, 2.45) is 0 Å². The Morgan fingerprint density at radius 2 is 1.64 bits per heavy atom. The van der Waals surface area contributed by atoms with E-state index in [0.717, 1.165) is 16.3 Å². The summed E-state index contributed by atoms with van der Waals surface area (Å²) in [5, 5.41) is 6.98. The third-order valence-corrected chi connectivity index (χ3v) is 6.48. The lowest BCUT2D eigenvalue weighted by Crippen LogP contribution is -2.19. The Bertz CT molecular complexity index is 1440. The number of ether oxygens (including phenoxy) is 2. The highest BCUT2D eigenvalue weighted by molar-refractivity contribution is 7.99. The van der Waals surface area contributed by atoms with Gasteiger partial charge in [0.05, 0.1) is 30.3 Å². The summed E-state index contributed by atoms with van der Waals surface area (Å²) in [4.78, 5) is 9.57. The Morgan fingerprint density at radius 3 is 2.33 bits per heavy atom. The van der Waals surface area contributed by atoms with Crippen LogP contribution in [-0.2, 0) is 6.18 Å². The number of methoxy groups -OCH3 is 2. The van der Waals surface area contributed by atoms with Crippen LogP contribution in [0.3, 0.4) is 0 Å². The van der Waals surface area contributed by atoms with E-state index >= 15 is 0 Å². The van der Waals surface area contributed by atoms with E-state index in [1.807, 2.05) is 24.3 Å². The molecule has 0 atom stereocenters. The van der Waals surface area contributed by atoms with Gasteiger partial charge in [0.1, 0.15) is 11.4 Å². The fraction of sp³-hybridized carbons (Fsp3) is 0.125. The van der Waals surface area contributed by atoms with E-state index < -0.39 is 11.7 Å². The molecule has 0 amide bonds. The van der Waals surface area contributed by atoms with E-state index in [2.05, 4.69) is 20.6 Å². The Morgan fingerprint density at radius 1 is 0.944 bits per heavy atom. The number of nitrogens with zero attached hydrogens (tertiary/aromatic N) is 2. The van der Waals surface area contributed by atoms with Gasteiger partial charge < -0.3 is 20.1 Å². The molecule has 2 N–H and O–H groups in total. The van der Waals surface area contributed by atoms with Gasteiger partial charge in [0.25, 0.3) is 0 Å². The monoisotopic (exact) mass is 550 g/mol. The van der Waals surface area contributed by atoms with Crippen LogP contribution < -0.4 is 20.1 Å². The first-order chi connectivity index (χ1) is 17.2. The zero-order valence-corrected chi connectivity index (χ0v) is 21.2. The minimum atomic E-state index is -4.57. The van der Waals surface area contributed by atoms with Gasteiger partial charge in [-0.05, 0) is 54.7 Å². The third kappa shape index (κ3) is 5.92. The molecular formula is C24H18ClF3N4O2S2. The van der Waals surface area contributed by atoms with Gasteiger partial charge in [0.2, 0.25) is 0 Å². The van der Waals surface area contributed by atoms with Crippen LogP contribution in [0.15, 0.2) is 70.8 Å². The minimum absolute atomic E-state index is 0.122. The fourth-order valence-electron chi connectivity index (χ4n) is 3.30. The number of nitrogens with one attached hydrogen (secondary N) is 2. The average Bonchev–Trinajstić information content (AvgIpc) is 2.84. The van der Waals surface area contributed by atoms with Gasteiger partial charge >= 0.3 is 6.18 Å². The zero-order chi connectivity index (χ0) is 25.9. The van der Waals surface area contributed by atoms with Crippen LogP contribution in [0.2, 0.25) is 5.02 Å². The maximum atomic E-state index is 13.1. The molecule has 4 aromatic rings. The van der Waals surface area contributed by atoms with Crippen LogP contribution in [0.4, 0.5) is 24.5 Å². The van der Waals surface area contributed by atoms with Crippen molar-refractivity contribution >= 4 is 63.0 Å². The number of hydrogen-bond donors (Lipinski definition) is 2. The van der Waals surface area contributed by atoms with Crippen molar-refractivity contribution in [3.8, 4) is 11.5 Å². The van der Waals surface area contributed by atoms with E-state index in [-0.39, 0.29) is 15.8 Å². The Kier molecular flexibility index (Phi) is 7.72. The molecule has 36 heavy (non-hydrogen) atoms. The lowest BCUT2D eigenvalue weighted by Gasteiger charge is -2.14. The smallest absolute Gasteiger partial charge is 0.417 e. The van der Waals surface area contributed by atoms with Crippen LogP contribution in [0, 0.1) is 0 Å². The number of hydrogen-bond acceptors (Lipinski definition) is 6. The first kappa shape index (κ1) is 25.8. The molecular weight excluding hydrogens is 533 g/mol. The van der Waals surface area contributed by atoms with Crippen molar-refractivity contribution < 1.29 is 22.6 Å². The van der Waals surface area contributed by atoms with Gasteiger partial charge in [0.15, 0.2) is 16.6 Å². The van der Waals surface area contributed by atoms with Gasteiger partial charge in [-0.1, -0.05) is 29.4 Å². The van der Waals surface area contributed by atoms with E-state index in [1.165, 1.54) is 30.2 Å². The van der Waals surface area contributed by atoms with Crippen molar-refractivity contribution in [1.82, 2.24) is 9.97 Å². The molecule has 186 valence electrons. The number of alkyl halides is 3. The maximum Gasteiger partial charge on any atom is 0.417 e. The molecule has 1 heterocycles. The summed E-state index contributed by atoms with van der Waals surface area (Å²) in [5.74, 6) is 1.12. The topological polar surface area (TPSA) is 68.3 Å². The zero-order valence-electron chi connectivity index (χ0n) is 18.8. The van der Waals surface area contributed by atoms with Gasteiger partial charge in [-0.3, -0.25) is 0 Å². The Hall–Kier alpha value is -3.28. The summed E-state index contributed by atoms with van der Waals surface area (Å²) in [6.45, 7) is 0. The number of aromatic nitrogens is 2. The lowest BCUT2D eigenvalue weighted by molar-refractivity contribution is -0.137. The summed E-state index contributed by atoms with van der Waals surface area (Å²) in [7, 11) is 3.11. The Labute approximate surface area is 219 Å². The molecule has 0 aliphatic carbocycles. The maximum absolute atomic E-state index is 13.1. The molecule has 0 unspecified atom stereocenters. The second-order valence-electron chi connectivity index (χ2n) is 7.30. The second-order valence-corrected chi connectivity index (χ2v) is 9.18. The molecule has 0 saturated carbocycles. The number of thiocarbonyl (C=S) groups is 1. The van der Waals surface area contributed by atoms with Crippen molar-refractivity contribution in [2.75, 3.05) is 24.9 Å². The largest absolute Gasteiger partial charge is 0.493 e.